The van der Waals surface area contributed by atoms with E-state index in [9.17, 15) is 9.18 Å². The van der Waals surface area contributed by atoms with Crippen molar-refractivity contribution in [2.45, 2.75) is 43.8 Å². The van der Waals surface area contributed by atoms with E-state index in [-0.39, 0.29) is 11.7 Å². The van der Waals surface area contributed by atoms with Gasteiger partial charge in [0.2, 0.25) is 5.91 Å². The molecule has 2 unspecified atom stereocenters. The second kappa shape index (κ2) is 9.57. The maximum Gasteiger partial charge on any atom is 0.238 e. The predicted molar refractivity (Wildman–Crippen MR) is 111 cm³/mol. The van der Waals surface area contributed by atoms with E-state index in [0.29, 0.717) is 29.1 Å². The van der Waals surface area contributed by atoms with Crippen molar-refractivity contribution in [1.29, 1.82) is 0 Å². The third-order valence-corrected chi connectivity index (χ3v) is 5.17. The number of hydrogen-bond donors (Lipinski definition) is 1. The van der Waals surface area contributed by atoms with Crippen LogP contribution in [0, 0.1) is 12.7 Å². The SMILES string of the molecule is C=CCn1c(SC(C)C(=O)Nc2cc(C)on2)nnc1C(C)Oc1ccccc1F. The molecule has 10 heteroatoms. The minimum atomic E-state index is -0.564. The van der Waals surface area contributed by atoms with Gasteiger partial charge in [-0.3, -0.25) is 9.36 Å². The monoisotopic (exact) mass is 431 g/mol. The van der Waals surface area contributed by atoms with Crippen LogP contribution in [0.25, 0.3) is 0 Å². The smallest absolute Gasteiger partial charge is 0.238 e. The molecule has 8 nitrogen and oxygen atoms in total. The van der Waals surface area contributed by atoms with Gasteiger partial charge in [0.25, 0.3) is 0 Å². The Bertz CT molecular complexity index is 1040. The Morgan fingerprint density at radius 2 is 2.17 bits per heavy atom. The number of carbonyl (C=O) groups is 1. The second-order valence-electron chi connectivity index (χ2n) is 6.50. The van der Waals surface area contributed by atoms with E-state index in [0.717, 1.165) is 0 Å². The van der Waals surface area contributed by atoms with Gasteiger partial charge >= 0.3 is 0 Å². The molecular weight excluding hydrogens is 409 g/mol. The maximum absolute atomic E-state index is 13.9. The molecule has 158 valence electrons. The minimum absolute atomic E-state index is 0.128. The summed E-state index contributed by atoms with van der Waals surface area (Å²) in [5, 5.41) is 14.9. The fourth-order valence-electron chi connectivity index (χ4n) is 2.64. The highest BCUT2D eigenvalue weighted by molar-refractivity contribution is 8.00. The standard InChI is InChI=1S/C20H22FN5O3S/c1-5-10-26-18(13(3)28-16-9-7-6-8-15(16)21)23-24-20(26)30-14(4)19(27)22-17-11-12(2)29-25-17/h5-9,11,13-14H,1,10H2,2-4H3,(H,22,25,27). The summed E-state index contributed by atoms with van der Waals surface area (Å²) in [6.45, 7) is 9.42. The molecule has 2 aromatic heterocycles. The quantitative estimate of drug-likeness (QED) is 0.401. The van der Waals surface area contributed by atoms with Crippen LogP contribution in [0.1, 0.15) is 31.5 Å². The van der Waals surface area contributed by atoms with Crippen LogP contribution in [0.3, 0.4) is 0 Å². The average Bonchev–Trinajstić information content (AvgIpc) is 3.30. The molecule has 1 aromatic carbocycles. The van der Waals surface area contributed by atoms with Gasteiger partial charge < -0.3 is 14.6 Å². The topological polar surface area (TPSA) is 95.1 Å². The first kappa shape index (κ1) is 21.6. The van der Waals surface area contributed by atoms with E-state index in [1.807, 2.05) is 0 Å². The normalized spacial score (nSPS) is 12.9. The zero-order chi connectivity index (χ0) is 21.7. The molecule has 0 fully saturated rings. The van der Waals surface area contributed by atoms with Crippen molar-refractivity contribution in [3.05, 3.63) is 60.4 Å². The van der Waals surface area contributed by atoms with Gasteiger partial charge in [0, 0.05) is 12.6 Å². The number of benzene rings is 1. The molecule has 1 amide bonds. The van der Waals surface area contributed by atoms with Crippen molar-refractivity contribution in [3.8, 4) is 5.75 Å². The second-order valence-corrected chi connectivity index (χ2v) is 7.81. The zero-order valence-electron chi connectivity index (χ0n) is 16.8. The van der Waals surface area contributed by atoms with Crippen LogP contribution in [-0.2, 0) is 11.3 Å². The number of rotatable bonds is 9. The third kappa shape index (κ3) is 5.07. The molecule has 30 heavy (non-hydrogen) atoms. The van der Waals surface area contributed by atoms with Crippen LogP contribution in [0.4, 0.5) is 10.2 Å². The van der Waals surface area contributed by atoms with Crippen LogP contribution in [0.15, 0.2) is 52.7 Å². The summed E-state index contributed by atoms with van der Waals surface area (Å²) in [7, 11) is 0. The fourth-order valence-corrected chi connectivity index (χ4v) is 3.50. The number of para-hydroxylation sites is 1. The highest BCUT2D eigenvalue weighted by Crippen LogP contribution is 2.28. The molecular formula is C20H22FN5O3S. The lowest BCUT2D eigenvalue weighted by Gasteiger charge is -2.16. The molecule has 3 aromatic rings. The molecule has 0 spiro atoms. The molecule has 0 radical (unpaired) electrons. The van der Waals surface area contributed by atoms with Crippen molar-refractivity contribution in [2.24, 2.45) is 0 Å². The summed E-state index contributed by atoms with van der Waals surface area (Å²) >= 11 is 1.23. The van der Waals surface area contributed by atoms with Crippen LogP contribution in [0.5, 0.6) is 5.75 Å². The number of thioether (sulfide) groups is 1. The predicted octanol–water partition coefficient (Wildman–Crippen LogP) is 4.16. The van der Waals surface area contributed by atoms with Gasteiger partial charge in [-0.25, -0.2) is 4.39 Å². The van der Waals surface area contributed by atoms with Crippen LogP contribution in [-0.4, -0.2) is 31.1 Å². The first-order valence-electron chi connectivity index (χ1n) is 9.25. The van der Waals surface area contributed by atoms with E-state index < -0.39 is 17.2 Å². The Balaban J connectivity index is 1.73. The Morgan fingerprint density at radius 3 is 2.83 bits per heavy atom. The number of aryl methyl sites for hydroxylation is 1. The highest BCUT2D eigenvalue weighted by atomic mass is 32.2. The molecule has 0 aliphatic rings. The summed E-state index contributed by atoms with van der Waals surface area (Å²) in [5.74, 6) is 0.874. The molecule has 0 saturated heterocycles. The summed E-state index contributed by atoms with van der Waals surface area (Å²) < 4.78 is 26.4. The van der Waals surface area contributed by atoms with E-state index >= 15 is 0 Å². The van der Waals surface area contributed by atoms with Gasteiger partial charge in [0.15, 0.2) is 34.5 Å². The van der Waals surface area contributed by atoms with Crippen LogP contribution < -0.4 is 10.1 Å². The number of aromatic nitrogens is 4. The zero-order valence-corrected chi connectivity index (χ0v) is 17.6. The van der Waals surface area contributed by atoms with E-state index in [4.69, 9.17) is 9.26 Å². The van der Waals surface area contributed by atoms with Crippen LogP contribution >= 0.6 is 11.8 Å². The van der Waals surface area contributed by atoms with Crippen molar-refractivity contribution in [2.75, 3.05) is 5.32 Å². The maximum atomic E-state index is 13.9. The minimum Gasteiger partial charge on any atom is -0.480 e. The van der Waals surface area contributed by atoms with Crippen LogP contribution in [0.2, 0.25) is 0 Å². The Labute approximate surface area is 177 Å². The van der Waals surface area contributed by atoms with E-state index in [2.05, 4.69) is 27.2 Å². The lowest BCUT2D eigenvalue weighted by molar-refractivity contribution is -0.115. The molecule has 0 aliphatic heterocycles. The number of anilines is 1. The lowest BCUT2D eigenvalue weighted by atomic mass is 10.3. The summed E-state index contributed by atoms with van der Waals surface area (Å²) in [6, 6.07) is 7.80. The van der Waals surface area contributed by atoms with E-state index in [1.54, 1.807) is 55.7 Å². The van der Waals surface area contributed by atoms with Gasteiger partial charge in [0.05, 0.1) is 5.25 Å². The Morgan fingerprint density at radius 1 is 1.40 bits per heavy atom. The number of carbonyl (C=O) groups excluding carboxylic acids is 1. The number of nitrogens with zero attached hydrogens (tertiary/aromatic N) is 4. The van der Waals surface area contributed by atoms with Gasteiger partial charge in [-0.2, -0.15) is 0 Å². The highest BCUT2D eigenvalue weighted by Gasteiger charge is 2.24. The number of ether oxygens (including phenoxy) is 1. The summed E-state index contributed by atoms with van der Waals surface area (Å²) in [5.41, 5.74) is 0. The van der Waals surface area contributed by atoms with Crippen molar-refractivity contribution >= 4 is 23.5 Å². The van der Waals surface area contributed by atoms with E-state index in [1.165, 1.54) is 17.8 Å². The first-order valence-corrected chi connectivity index (χ1v) is 10.1. The fraction of sp³-hybridized carbons (Fsp3) is 0.300. The largest absolute Gasteiger partial charge is 0.480 e. The van der Waals surface area contributed by atoms with Gasteiger partial charge in [-0.1, -0.05) is 35.1 Å². The first-order chi connectivity index (χ1) is 14.4. The molecule has 2 atom stereocenters. The molecule has 2 heterocycles. The average molecular weight is 431 g/mol. The van der Waals surface area contributed by atoms with Gasteiger partial charge in [-0.15, -0.1) is 16.8 Å². The number of amides is 1. The number of allylic oxidation sites excluding steroid dienone is 1. The van der Waals surface area contributed by atoms with Crippen molar-refractivity contribution in [3.63, 3.8) is 0 Å². The van der Waals surface area contributed by atoms with Gasteiger partial charge in [0.1, 0.15) is 5.76 Å². The number of nitrogens with one attached hydrogen (secondary N) is 1. The Hall–Kier alpha value is -3.14. The number of halogens is 1. The van der Waals surface area contributed by atoms with Gasteiger partial charge in [-0.05, 0) is 32.9 Å². The molecule has 0 aliphatic carbocycles. The van der Waals surface area contributed by atoms with Crippen molar-refractivity contribution in [1.82, 2.24) is 19.9 Å². The lowest BCUT2D eigenvalue weighted by Crippen LogP contribution is -2.23. The van der Waals surface area contributed by atoms with Crippen molar-refractivity contribution < 1.29 is 18.4 Å². The molecule has 1 N–H and O–H groups in total. The molecule has 0 saturated carbocycles. The summed E-state index contributed by atoms with van der Waals surface area (Å²) in [4.78, 5) is 12.5. The summed E-state index contributed by atoms with van der Waals surface area (Å²) in [6.07, 6.45) is 1.13. The number of hydrogen-bond acceptors (Lipinski definition) is 7. The Kier molecular flexibility index (Phi) is 6.88. The molecule has 3 rings (SSSR count). The molecule has 0 bridgehead atoms. The third-order valence-electron chi connectivity index (χ3n) is 4.09.